The molecule has 0 saturated heterocycles. The molecule has 34 heavy (non-hydrogen) atoms. The number of rotatable bonds is 6. The minimum Gasteiger partial charge on any atom is -0.462 e. The van der Waals surface area contributed by atoms with Crippen LogP contribution in [-0.4, -0.2) is 12.1 Å². The molecule has 0 radical (unpaired) electrons. The molecule has 0 aromatic rings. The maximum Gasteiger partial charge on any atom is 0.302 e. The van der Waals surface area contributed by atoms with Crippen molar-refractivity contribution in [3.63, 3.8) is 0 Å². The van der Waals surface area contributed by atoms with Crippen LogP contribution in [0.5, 0.6) is 0 Å². The zero-order valence-corrected chi connectivity index (χ0v) is 23.3. The summed E-state index contributed by atoms with van der Waals surface area (Å²) >= 11 is 0. The Morgan fingerprint density at radius 3 is 2.35 bits per heavy atom. The fraction of sp³-hybridized carbons (Fsp3) is 0.906. The summed E-state index contributed by atoms with van der Waals surface area (Å²) in [6.07, 6.45) is 15.3. The Labute approximate surface area is 210 Å². The van der Waals surface area contributed by atoms with Gasteiger partial charge in [-0.2, -0.15) is 0 Å². The molecule has 192 valence electrons. The van der Waals surface area contributed by atoms with E-state index in [1.165, 1.54) is 69.8 Å². The van der Waals surface area contributed by atoms with E-state index >= 15 is 0 Å². The van der Waals surface area contributed by atoms with Crippen LogP contribution in [0.2, 0.25) is 0 Å². The van der Waals surface area contributed by atoms with Crippen LogP contribution < -0.4 is 0 Å². The average molecular weight is 469 g/mol. The maximum atomic E-state index is 11.7. The molecule has 0 aromatic heterocycles. The summed E-state index contributed by atoms with van der Waals surface area (Å²) in [6.45, 7) is 20.8. The van der Waals surface area contributed by atoms with Gasteiger partial charge in [0.25, 0.3) is 0 Å². The van der Waals surface area contributed by atoms with Crippen LogP contribution in [0.4, 0.5) is 0 Å². The molecule has 5 aliphatic carbocycles. The molecule has 0 N–H and O–H groups in total. The van der Waals surface area contributed by atoms with E-state index in [0.29, 0.717) is 33.5 Å². The first-order chi connectivity index (χ1) is 15.9. The average Bonchev–Trinajstić information content (AvgIpc) is 3.36. The number of carbonyl (C=O) groups is 1. The molecule has 0 bridgehead atoms. The number of hydrogen-bond donors (Lipinski definition) is 0. The summed E-state index contributed by atoms with van der Waals surface area (Å²) < 4.78 is 5.81. The van der Waals surface area contributed by atoms with Crippen molar-refractivity contribution in [2.45, 2.75) is 125 Å². The largest absolute Gasteiger partial charge is 0.462 e. The minimum atomic E-state index is -0.0864. The van der Waals surface area contributed by atoms with Crippen LogP contribution in [0.3, 0.4) is 0 Å². The number of ether oxygens (including phenoxy) is 1. The van der Waals surface area contributed by atoms with Gasteiger partial charge in [0.15, 0.2) is 0 Å². The smallest absolute Gasteiger partial charge is 0.302 e. The van der Waals surface area contributed by atoms with E-state index in [9.17, 15) is 4.79 Å². The first kappa shape index (κ1) is 24.9. The van der Waals surface area contributed by atoms with Gasteiger partial charge in [-0.25, -0.2) is 0 Å². The highest BCUT2D eigenvalue weighted by molar-refractivity contribution is 5.66. The molecule has 2 heteroatoms. The minimum absolute atomic E-state index is 0.0864. The monoisotopic (exact) mass is 468 g/mol. The summed E-state index contributed by atoms with van der Waals surface area (Å²) in [5, 5.41) is 0. The SMILES string of the molecule is C=C(C)C(C)CC[C@@H](C)C1CC[C@@]2(C)C3CCC4[C@H](C)C(OC(C)=O)CCC45CC35CC[C@]12C. The van der Waals surface area contributed by atoms with Crippen LogP contribution in [0, 0.1) is 57.2 Å². The standard InChI is InChI=1S/C32H52O2/c1-20(2)21(3)9-10-22(4)25-13-15-30(8)28-12-11-26-23(5)27(34-24(6)33)14-16-31(26)19-32(28,31)18-17-29(25,30)7/h21-23,25-28H,1,9-19H2,2-8H3/t21?,22-,23+,25?,26?,27?,28?,29-,30+,31?,32?/m1/s1. The van der Waals surface area contributed by atoms with Crippen molar-refractivity contribution in [2.24, 2.45) is 57.2 Å². The van der Waals surface area contributed by atoms with Gasteiger partial charge in [-0.1, -0.05) is 46.8 Å². The normalized spacial score (nSPS) is 50.7. The van der Waals surface area contributed by atoms with Gasteiger partial charge in [0, 0.05) is 6.92 Å². The lowest BCUT2D eigenvalue weighted by molar-refractivity contribution is -0.165. The molecule has 5 fully saturated rings. The Morgan fingerprint density at radius 1 is 0.941 bits per heavy atom. The van der Waals surface area contributed by atoms with Gasteiger partial charge < -0.3 is 4.74 Å². The number of carbonyl (C=O) groups excluding carboxylic acids is 1. The first-order valence-corrected chi connectivity index (χ1v) is 14.7. The third-order valence-corrected chi connectivity index (χ3v) is 13.6. The van der Waals surface area contributed by atoms with Gasteiger partial charge in [-0.3, -0.25) is 4.79 Å². The fourth-order valence-corrected chi connectivity index (χ4v) is 11.3. The van der Waals surface area contributed by atoms with Crippen molar-refractivity contribution in [2.75, 3.05) is 0 Å². The molecule has 5 rings (SSSR count). The molecular formula is C32H52O2. The molecule has 11 atom stereocenters. The molecule has 2 spiro atoms. The molecular weight excluding hydrogens is 416 g/mol. The van der Waals surface area contributed by atoms with Crippen molar-refractivity contribution in [3.05, 3.63) is 12.2 Å². The predicted molar refractivity (Wildman–Crippen MR) is 140 cm³/mol. The Bertz CT molecular complexity index is 846. The van der Waals surface area contributed by atoms with Crippen molar-refractivity contribution < 1.29 is 9.53 Å². The van der Waals surface area contributed by atoms with Gasteiger partial charge in [0.05, 0.1) is 0 Å². The quantitative estimate of drug-likeness (QED) is 0.288. The summed E-state index contributed by atoms with van der Waals surface area (Å²) in [4.78, 5) is 11.7. The third kappa shape index (κ3) is 3.21. The van der Waals surface area contributed by atoms with Crippen molar-refractivity contribution in [1.82, 2.24) is 0 Å². The van der Waals surface area contributed by atoms with Crippen molar-refractivity contribution in [3.8, 4) is 0 Å². The van der Waals surface area contributed by atoms with Gasteiger partial charge >= 0.3 is 5.97 Å². The lowest BCUT2D eigenvalue weighted by Gasteiger charge is -2.62. The van der Waals surface area contributed by atoms with E-state index in [4.69, 9.17) is 4.74 Å². The summed E-state index contributed by atoms with van der Waals surface area (Å²) in [6, 6.07) is 0. The van der Waals surface area contributed by atoms with E-state index in [1.807, 2.05) is 0 Å². The fourth-order valence-electron chi connectivity index (χ4n) is 11.3. The number of allylic oxidation sites excluding steroid dienone is 1. The maximum absolute atomic E-state index is 11.7. The van der Waals surface area contributed by atoms with Crippen molar-refractivity contribution in [1.29, 1.82) is 0 Å². The Balaban J connectivity index is 1.34. The molecule has 0 aliphatic heterocycles. The second kappa shape index (κ2) is 8.11. The van der Waals surface area contributed by atoms with Crippen molar-refractivity contribution >= 4 is 5.97 Å². The van der Waals surface area contributed by atoms with Crippen LogP contribution in [0.25, 0.3) is 0 Å². The zero-order chi connectivity index (χ0) is 24.7. The Morgan fingerprint density at radius 2 is 1.68 bits per heavy atom. The second-order valence-corrected chi connectivity index (χ2v) is 14.6. The lowest BCUT2D eigenvalue weighted by Crippen LogP contribution is -2.56. The second-order valence-electron chi connectivity index (χ2n) is 14.6. The Kier molecular flexibility index (Phi) is 5.93. The molecule has 0 aromatic carbocycles. The van der Waals surface area contributed by atoms with E-state index in [0.717, 1.165) is 30.1 Å². The van der Waals surface area contributed by atoms with Crippen LogP contribution in [0.1, 0.15) is 119 Å². The summed E-state index contributed by atoms with van der Waals surface area (Å²) in [5.74, 6) is 4.50. The molecule has 0 amide bonds. The number of hydrogen-bond acceptors (Lipinski definition) is 2. The highest BCUT2D eigenvalue weighted by Crippen LogP contribution is 2.88. The molecule has 7 unspecified atom stereocenters. The number of fused-ring (bicyclic) bond motifs is 2. The molecule has 0 heterocycles. The zero-order valence-electron chi connectivity index (χ0n) is 23.3. The molecule has 5 aliphatic rings. The topological polar surface area (TPSA) is 26.3 Å². The van der Waals surface area contributed by atoms with Gasteiger partial charge in [0.1, 0.15) is 6.10 Å². The van der Waals surface area contributed by atoms with Crippen LogP contribution in [0.15, 0.2) is 12.2 Å². The lowest BCUT2D eigenvalue weighted by atomic mass is 9.43. The molecule has 5 saturated carbocycles. The van der Waals surface area contributed by atoms with E-state index < -0.39 is 0 Å². The van der Waals surface area contributed by atoms with E-state index in [-0.39, 0.29) is 12.1 Å². The van der Waals surface area contributed by atoms with E-state index in [1.54, 1.807) is 6.92 Å². The number of esters is 1. The van der Waals surface area contributed by atoms with Gasteiger partial charge in [-0.15, -0.1) is 0 Å². The predicted octanol–water partition coefficient (Wildman–Crippen LogP) is 8.60. The first-order valence-electron chi connectivity index (χ1n) is 14.7. The van der Waals surface area contributed by atoms with Crippen LogP contribution >= 0.6 is 0 Å². The van der Waals surface area contributed by atoms with Crippen LogP contribution in [-0.2, 0) is 9.53 Å². The molecule has 2 nitrogen and oxygen atoms in total. The third-order valence-electron chi connectivity index (χ3n) is 13.6. The van der Waals surface area contributed by atoms with Gasteiger partial charge in [0.2, 0.25) is 0 Å². The van der Waals surface area contributed by atoms with E-state index in [2.05, 4.69) is 48.1 Å². The highest BCUT2D eigenvalue weighted by Gasteiger charge is 2.81. The highest BCUT2D eigenvalue weighted by atomic mass is 16.5. The van der Waals surface area contributed by atoms with Gasteiger partial charge in [-0.05, 0) is 135 Å². The summed E-state index contributed by atoms with van der Waals surface area (Å²) in [5.41, 5.74) is 3.53. The summed E-state index contributed by atoms with van der Waals surface area (Å²) in [7, 11) is 0. The Hall–Kier alpha value is -0.790.